The first kappa shape index (κ1) is 14.9. The predicted molar refractivity (Wildman–Crippen MR) is 91.2 cm³/mol. The number of likely N-dealkylation sites (tertiary alicyclic amines) is 1. The summed E-state index contributed by atoms with van der Waals surface area (Å²) >= 11 is 0. The summed E-state index contributed by atoms with van der Waals surface area (Å²) in [6, 6.07) is 6.45. The minimum Gasteiger partial charge on any atom is -0.343 e. The first-order valence-corrected chi connectivity index (χ1v) is 8.31. The van der Waals surface area contributed by atoms with E-state index in [1.54, 1.807) is 12.4 Å². The second-order valence-electron chi connectivity index (χ2n) is 6.56. The molecule has 0 radical (unpaired) electrons. The number of fused-ring (bicyclic) bond motifs is 1. The average molecular weight is 320 g/mol. The maximum absolute atomic E-state index is 9.93. The summed E-state index contributed by atoms with van der Waals surface area (Å²) in [6.07, 6.45) is 7.51. The Kier molecular flexibility index (Phi) is 3.79. The molecule has 0 bridgehead atoms. The van der Waals surface area contributed by atoms with Crippen LogP contribution in [0.4, 0.5) is 5.82 Å². The van der Waals surface area contributed by atoms with Crippen molar-refractivity contribution in [2.75, 3.05) is 25.5 Å². The van der Waals surface area contributed by atoms with Crippen molar-refractivity contribution in [1.29, 1.82) is 5.26 Å². The molecule has 2 aliphatic heterocycles. The highest BCUT2D eigenvalue weighted by atomic mass is 15.2. The van der Waals surface area contributed by atoms with Gasteiger partial charge >= 0.3 is 0 Å². The van der Waals surface area contributed by atoms with Crippen LogP contribution >= 0.6 is 0 Å². The van der Waals surface area contributed by atoms with Crippen molar-refractivity contribution >= 4 is 5.82 Å². The lowest BCUT2D eigenvalue weighted by Crippen LogP contribution is -2.34. The van der Waals surface area contributed by atoms with Crippen molar-refractivity contribution in [3.8, 4) is 6.07 Å². The van der Waals surface area contributed by atoms with Crippen molar-refractivity contribution in [2.45, 2.75) is 18.8 Å². The lowest BCUT2D eigenvalue weighted by molar-refractivity contribution is 0.238. The van der Waals surface area contributed by atoms with Gasteiger partial charge in [0, 0.05) is 29.6 Å². The molecule has 2 aliphatic rings. The van der Waals surface area contributed by atoms with Crippen LogP contribution < -0.4 is 5.32 Å². The second-order valence-corrected chi connectivity index (χ2v) is 6.56. The third-order valence-corrected chi connectivity index (χ3v) is 5.10. The van der Waals surface area contributed by atoms with Gasteiger partial charge in [0.2, 0.25) is 0 Å². The van der Waals surface area contributed by atoms with Gasteiger partial charge in [0.1, 0.15) is 5.82 Å². The Morgan fingerprint density at radius 3 is 2.71 bits per heavy atom. The molecular weight excluding hydrogens is 300 g/mol. The van der Waals surface area contributed by atoms with E-state index in [0.717, 1.165) is 54.1 Å². The number of H-pyrrole nitrogens is 1. The molecule has 0 aliphatic carbocycles. The van der Waals surface area contributed by atoms with E-state index in [9.17, 15) is 5.26 Å². The van der Waals surface area contributed by atoms with Gasteiger partial charge in [-0.1, -0.05) is 0 Å². The van der Waals surface area contributed by atoms with Gasteiger partial charge in [0.15, 0.2) is 0 Å². The van der Waals surface area contributed by atoms with Crippen molar-refractivity contribution in [3.05, 3.63) is 53.1 Å². The Balaban J connectivity index is 1.80. The minimum absolute atomic E-state index is 0.0809. The Morgan fingerprint density at radius 2 is 2.00 bits per heavy atom. The largest absolute Gasteiger partial charge is 0.343 e. The number of pyridine rings is 1. The molecule has 122 valence electrons. The van der Waals surface area contributed by atoms with Gasteiger partial charge in [-0.2, -0.15) is 10.4 Å². The van der Waals surface area contributed by atoms with Gasteiger partial charge in [-0.3, -0.25) is 10.1 Å². The molecule has 2 N–H and O–H groups in total. The van der Waals surface area contributed by atoms with Crippen LogP contribution in [-0.2, 0) is 0 Å². The Bertz CT molecular complexity index is 792. The maximum atomic E-state index is 9.93. The van der Waals surface area contributed by atoms with E-state index < -0.39 is 0 Å². The summed E-state index contributed by atoms with van der Waals surface area (Å²) in [4.78, 5) is 6.45. The fraction of sp³-hybridized carbons (Fsp3) is 0.389. The van der Waals surface area contributed by atoms with Crippen LogP contribution in [0, 0.1) is 17.2 Å². The van der Waals surface area contributed by atoms with Crippen LogP contribution in [0.2, 0.25) is 0 Å². The van der Waals surface area contributed by atoms with Gasteiger partial charge < -0.3 is 10.2 Å². The van der Waals surface area contributed by atoms with Gasteiger partial charge in [-0.25, -0.2) is 0 Å². The molecule has 0 saturated carbocycles. The normalized spacial score (nSPS) is 21.9. The molecule has 4 rings (SSSR count). The molecular formula is C18H20N6. The SMILES string of the molecule is CN1CCC(C2=C(C#N)C(c3ccncc3)c3cn[nH]c3N2)CC1. The number of anilines is 1. The highest BCUT2D eigenvalue weighted by Gasteiger charge is 2.34. The summed E-state index contributed by atoms with van der Waals surface area (Å²) in [6.45, 7) is 2.12. The Hall–Kier alpha value is -2.65. The van der Waals surface area contributed by atoms with Gasteiger partial charge in [0.05, 0.1) is 23.8 Å². The number of hydrogen-bond acceptors (Lipinski definition) is 5. The molecule has 0 aromatic carbocycles. The van der Waals surface area contributed by atoms with Crippen LogP contribution in [0.5, 0.6) is 0 Å². The van der Waals surface area contributed by atoms with Gasteiger partial charge in [0.25, 0.3) is 0 Å². The van der Waals surface area contributed by atoms with E-state index in [2.05, 4.69) is 38.5 Å². The topological polar surface area (TPSA) is 80.6 Å². The molecule has 6 heteroatoms. The van der Waals surface area contributed by atoms with E-state index in [1.807, 2.05) is 18.3 Å². The van der Waals surface area contributed by atoms with Gasteiger partial charge in [-0.05, 0) is 50.7 Å². The average Bonchev–Trinajstić information content (AvgIpc) is 3.09. The molecule has 2 aromatic rings. The molecule has 1 saturated heterocycles. The maximum Gasteiger partial charge on any atom is 0.129 e. The van der Waals surface area contributed by atoms with E-state index in [-0.39, 0.29) is 5.92 Å². The molecule has 4 heterocycles. The molecule has 1 fully saturated rings. The minimum atomic E-state index is -0.0809. The highest BCUT2D eigenvalue weighted by Crippen LogP contribution is 2.43. The predicted octanol–water partition coefficient (Wildman–Crippen LogP) is 2.48. The highest BCUT2D eigenvalue weighted by molar-refractivity contribution is 5.64. The van der Waals surface area contributed by atoms with Crippen LogP contribution in [0.1, 0.15) is 29.9 Å². The van der Waals surface area contributed by atoms with E-state index in [4.69, 9.17) is 0 Å². The summed E-state index contributed by atoms with van der Waals surface area (Å²) in [5.41, 5.74) is 3.97. The number of allylic oxidation sites excluding steroid dienone is 2. The summed E-state index contributed by atoms with van der Waals surface area (Å²) in [7, 11) is 2.15. The molecule has 1 atom stereocenters. The fourth-order valence-corrected chi connectivity index (χ4v) is 3.77. The van der Waals surface area contributed by atoms with Crippen LogP contribution in [0.3, 0.4) is 0 Å². The zero-order valence-corrected chi connectivity index (χ0v) is 13.7. The number of nitriles is 1. The quantitative estimate of drug-likeness (QED) is 0.888. The number of aromatic nitrogens is 3. The van der Waals surface area contributed by atoms with Crippen LogP contribution in [0.15, 0.2) is 42.0 Å². The third-order valence-electron chi connectivity index (χ3n) is 5.10. The lowest BCUT2D eigenvalue weighted by Gasteiger charge is -2.35. The van der Waals surface area contributed by atoms with Gasteiger partial charge in [-0.15, -0.1) is 0 Å². The van der Waals surface area contributed by atoms with Crippen LogP contribution in [-0.4, -0.2) is 40.2 Å². The van der Waals surface area contributed by atoms with Crippen molar-refractivity contribution in [3.63, 3.8) is 0 Å². The number of nitrogens with zero attached hydrogens (tertiary/aromatic N) is 4. The zero-order chi connectivity index (χ0) is 16.5. The standard InChI is InChI=1S/C18H20N6/c1-24-8-4-13(5-9-24)17-14(10-19)16(12-2-6-20-7-3-12)15-11-21-23-18(15)22-17/h2-3,6-7,11,13,16H,4-5,8-9H2,1H3,(H2,21,22,23). The molecule has 24 heavy (non-hydrogen) atoms. The first-order valence-electron chi connectivity index (χ1n) is 8.31. The van der Waals surface area contributed by atoms with E-state index in [1.165, 1.54) is 0 Å². The summed E-state index contributed by atoms with van der Waals surface area (Å²) < 4.78 is 0. The monoisotopic (exact) mass is 320 g/mol. The molecule has 0 spiro atoms. The number of hydrogen-bond donors (Lipinski definition) is 2. The number of aromatic amines is 1. The second kappa shape index (κ2) is 6.10. The summed E-state index contributed by atoms with van der Waals surface area (Å²) in [5, 5.41) is 20.6. The number of piperidine rings is 1. The lowest BCUT2D eigenvalue weighted by atomic mass is 9.79. The number of rotatable bonds is 2. The number of nitrogens with one attached hydrogen (secondary N) is 2. The first-order chi connectivity index (χ1) is 11.8. The molecule has 6 nitrogen and oxygen atoms in total. The van der Waals surface area contributed by atoms with Crippen molar-refractivity contribution in [1.82, 2.24) is 20.1 Å². The smallest absolute Gasteiger partial charge is 0.129 e. The third kappa shape index (κ3) is 2.47. The van der Waals surface area contributed by atoms with E-state index >= 15 is 0 Å². The molecule has 1 unspecified atom stereocenters. The van der Waals surface area contributed by atoms with E-state index in [0.29, 0.717) is 5.92 Å². The Labute approximate surface area is 141 Å². The molecule has 0 amide bonds. The van der Waals surface area contributed by atoms with Crippen LogP contribution in [0.25, 0.3) is 0 Å². The van der Waals surface area contributed by atoms with Crippen molar-refractivity contribution < 1.29 is 0 Å². The summed E-state index contributed by atoms with van der Waals surface area (Å²) in [5.74, 6) is 1.21. The van der Waals surface area contributed by atoms with Crippen molar-refractivity contribution in [2.24, 2.45) is 5.92 Å². The molecule has 2 aromatic heterocycles. The zero-order valence-electron chi connectivity index (χ0n) is 13.7. The fourth-order valence-electron chi connectivity index (χ4n) is 3.77. The Morgan fingerprint density at radius 1 is 1.25 bits per heavy atom.